The Balaban J connectivity index is 3.64. The van der Waals surface area contributed by atoms with Crippen LogP contribution < -0.4 is 5.32 Å². The van der Waals surface area contributed by atoms with E-state index >= 15 is 0 Å². The monoisotopic (exact) mass is 203 g/mol. The molecule has 0 rings (SSSR count). The van der Waals surface area contributed by atoms with Crippen molar-refractivity contribution in [2.75, 3.05) is 6.54 Å². The molecule has 84 valence electrons. The summed E-state index contributed by atoms with van der Waals surface area (Å²) >= 11 is 0. The molecule has 0 aromatic rings. The molecule has 0 saturated carbocycles. The Morgan fingerprint density at radius 1 is 1.50 bits per heavy atom. The van der Waals surface area contributed by atoms with E-state index in [1.807, 2.05) is 6.92 Å². The first-order chi connectivity index (χ1) is 6.35. The molecule has 0 fully saturated rings. The number of aliphatic hydroxyl groups is 1. The largest absolute Gasteiger partial charge is 0.444 e. The Kier molecular flexibility index (Phi) is 5.53. The van der Waals surface area contributed by atoms with E-state index in [0.29, 0.717) is 6.42 Å². The number of carbonyl (C=O) groups is 1. The zero-order valence-electron chi connectivity index (χ0n) is 9.46. The number of ether oxygens (including phenoxy) is 1. The van der Waals surface area contributed by atoms with Crippen LogP contribution in [0.25, 0.3) is 0 Å². The van der Waals surface area contributed by atoms with Crippen molar-refractivity contribution in [1.29, 1.82) is 0 Å². The van der Waals surface area contributed by atoms with Crippen LogP contribution in [0.3, 0.4) is 0 Å². The minimum absolute atomic E-state index is 0.253. The molecule has 1 atom stereocenters. The van der Waals surface area contributed by atoms with Crippen LogP contribution in [0.15, 0.2) is 0 Å². The summed E-state index contributed by atoms with van der Waals surface area (Å²) in [7, 11) is 0. The molecule has 0 saturated heterocycles. The number of hydrogen-bond acceptors (Lipinski definition) is 3. The molecule has 4 heteroatoms. The number of rotatable bonds is 4. The molecule has 14 heavy (non-hydrogen) atoms. The van der Waals surface area contributed by atoms with Gasteiger partial charge in [-0.25, -0.2) is 4.79 Å². The molecule has 0 aromatic heterocycles. The molecule has 0 aromatic carbocycles. The third kappa shape index (κ3) is 7.86. The Bertz CT molecular complexity index is 175. The van der Waals surface area contributed by atoms with Crippen molar-refractivity contribution < 1.29 is 14.6 Å². The smallest absolute Gasteiger partial charge is 0.407 e. The summed E-state index contributed by atoms with van der Waals surface area (Å²) < 4.78 is 5.01. The Morgan fingerprint density at radius 2 is 2.07 bits per heavy atom. The maximum absolute atomic E-state index is 11.1. The number of alkyl carbamates (subject to hydrolysis) is 1. The van der Waals surface area contributed by atoms with Crippen molar-refractivity contribution in [3.05, 3.63) is 0 Å². The van der Waals surface area contributed by atoms with Gasteiger partial charge in [0.2, 0.25) is 0 Å². The molecule has 0 unspecified atom stereocenters. The highest BCUT2D eigenvalue weighted by Crippen LogP contribution is 2.06. The van der Waals surface area contributed by atoms with Gasteiger partial charge in [-0.15, -0.1) is 0 Å². The lowest BCUT2D eigenvalue weighted by Gasteiger charge is -2.20. The van der Waals surface area contributed by atoms with Crippen LogP contribution in [0.2, 0.25) is 0 Å². The maximum Gasteiger partial charge on any atom is 0.407 e. The molecule has 0 bridgehead atoms. The molecule has 4 nitrogen and oxygen atoms in total. The zero-order valence-corrected chi connectivity index (χ0v) is 9.46. The fraction of sp³-hybridized carbons (Fsp3) is 0.900. The molecule has 2 N–H and O–H groups in total. The third-order valence-electron chi connectivity index (χ3n) is 1.50. The van der Waals surface area contributed by atoms with Crippen LogP contribution in [0.4, 0.5) is 4.79 Å². The fourth-order valence-electron chi connectivity index (χ4n) is 0.951. The summed E-state index contributed by atoms with van der Waals surface area (Å²) in [5, 5.41) is 11.8. The van der Waals surface area contributed by atoms with Gasteiger partial charge in [0.05, 0.1) is 6.10 Å². The average Bonchev–Trinajstić information content (AvgIpc) is 1.98. The molecule has 0 spiro atoms. The summed E-state index contributed by atoms with van der Waals surface area (Å²) in [4.78, 5) is 11.1. The summed E-state index contributed by atoms with van der Waals surface area (Å²) in [5.41, 5.74) is -0.486. The van der Waals surface area contributed by atoms with E-state index in [1.54, 1.807) is 20.8 Å². The molecule has 0 radical (unpaired) electrons. The van der Waals surface area contributed by atoms with Crippen molar-refractivity contribution in [3.8, 4) is 0 Å². The highest BCUT2D eigenvalue weighted by Gasteiger charge is 2.16. The van der Waals surface area contributed by atoms with Gasteiger partial charge in [-0.3, -0.25) is 0 Å². The van der Waals surface area contributed by atoms with Crippen LogP contribution in [0, 0.1) is 0 Å². The Labute approximate surface area is 85.6 Å². The molecule has 1 amide bonds. The number of nitrogens with one attached hydrogen (secondary N) is 1. The molecule has 0 aliphatic rings. The highest BCUT2D eigenvalue weighted by molar-refractivity contribution is 5.67. The lowest BCUT2D eigenvalue weighted by molar-refractivity contribution is 0.0488. The summed E-state index contributed by atoms with van der Waals surface area (Å²) in [6.07, 6.45) is 0.632. The van der Waals surface area contributed by atoms with Crippen LogP contribution in [0.1, 0.15) is 40.5 Å². The average molecular weight is 203 g/mol. The van der Waals surface area contributed by atoms with Gasteiger partial charge in [0.15, 0.2) is 0 Å². The van der Waals surface area contributed by atoms with Crippen LogP contribution in [0.5, 0.6) is 0 Å². The normalized spacial score (nSPS) is 13.5. The Hall–Kier alpha value is -0.770. The van der Waals surface area contributed by atoms with Crippen molar-refractivity contribution in [2.45, 2.75) is 52.2 Å². The second-order valence-electron chi connectivity index (χ2n) is 4.33. The summed E-state index contributed by atoms with van der Waals surface area (Å²) in [5.74, 6) is 0. The van der Waals surface area contributed by atoms with Crippen LogP contribution >= 0.6 is 0 Å². The predicted octanol–water partition coefficient (Wildman–Crippen LogP) is 1.67. The van der Waals surface area contributed by atoms with E-state index in [9.17, 15) is 9.90 Å². The van der Waals surface area contributed by atoms with Crippen molar-refractivity contribution in [3.63, 3.8) is 0 Å². The lowest BCUT2D eigenvalue weighted by Crippen LogP contribution is -2.36. The summed E-state index contributed by atoms with van der Waals surface area (Å²) in [6.45, 7) is 7.64. The second-order valence-corrected chi connectivity index (χ2v) is 4.33. The van der Waals surface area contributed by atoms with Crippen molar-refractivity contribution in [1.82, 2.24) is 5.32 Å². The molecule has 0 heterocycles. The van der Waals surface area contributed by atoms with Crippen molar-refractivity contribution >= 4 is 6.09 Å². The molecule has 0 aliphatic carbocycles. The van der Waals surface area contributed by atoms with Crippen molar-refractivity contribution in [2.24, 2.45) is 0 Å². The SMILES string of the molecule is CCC[C@@H](O)CNC(=O)OC(C)(C)C. The number of aliphatic hydroxyl groups excluding tert-OH is 1. The second kappa shape index (κ2) is 5.86. The predicted molar refractivity (Wildman–Crippen MR) is 55.2 cm³/mol. The van der Waals surface area contributed by atoms with E-state index < -0.39 is 17.8 Å². The zero-order chi connectivity index (χ0) is 11.2. The minimum Gasteiger partial charge on any atom is -0.444 e. The number of amides is 1. The lowest BCUT2D eigenvalue weighted by atomic mass is 10.2. The van der Waals surface area contributed by atoms with E-state index in [1.165, 1.54) is 0 Å². The first-order valence-electron chi connectivity index (χ1n) is 5.00. The van der Waals surface area contributed by atoms with Crippen LogP contribution in [-0.2, 0) is 4.74 Å². The van der Waals surface area contributed by atoms with E-state index in [2.05, 4.69) is 5.32 Å². The van der Waals surface area contributed by atoms with E-state index in [4.69, 9.17) is 4.74 Å². The Morgan fingerprint density at radius 3 is 2.50 bits per heavy atom. The van der Waals surface area contributed by atoms with Gasteiger partial charge in [-0.1, -0.05) is 13.3 Å². The summed E-state index contributed by atoms with van der Waals surface area (Å²) in [6, 6.07) is 0. The third-order valence-corrected chi connectivity index (χ3v) is 1.50. The van der Waals surface area contributed by atoms with E-state index in [-0.39, 0.29) is 6.54 Å². The van der Waals surface area contributed by atoms with Gasteiger partial charge in [0.25, 0.3) is 0 Å². The molecular formula is C10H21NO3. The van der Waals surface area contributed by atoms with Crippen LogP contribution in [-0.4, -0.2) is 29.4 Å². The topological polar surface area (TPSA) is 58.6 Å². The highest BCUT2D eigenvalue weighted by atomic mass is 16.6. The molecule has 0 aliphatic heterocycles. The first kappa shape index (κ1) is 13.2. The van der Waals surface area contributed by atoms with Gasteiger partial charge < -0.3 is 15.2 Å². The van der Waals surface area contributed by atoms with Gasteiger partial charge >= 0.3 is 6.09 Å². The minimum atomic E-state index is -0.486. The van der Waals surface area contributed by atoms with Gasteiger partial charge in [0.1, 0.15) is 5.60 Å². The quantitative estimate of drug-likeness (QED) is 0.730. The number of carbonyl (C=O) groups excluding carboxylic acids is 1. The standard InChI is InChI=1S/C10H21NO3/c1-5-6-8(12)7-11-9(13)14-10(2,3)4/h8,12H,5-7H2,1-4H3,(H,11,13)/t8-/m1/s1. The van der Waals surface area contributed by atoms with E-state index in [0.717, 1.165) is 6.42 Å². The fourth-order valence-corrected chi connectivity index (χ4v) is 0.951. The van der Waals surface area contributed by atoms with Gasteiger partial charge in [-0.05, 0) is 27.2 Å². The molecular weight excluding hydrogens is 182 g/mol. The number of hydrogen-bond donors (Lipinski definition) is 2. The first-order valence-corrected chi connectivity index (χ1v) is 5.00. The van der Waals surface area contributed by atoms with Gasteiger partial charge in [-0.2, -0.15) is 0 Å². The van der Waals surface area contributed by atoms with Gasteiger partial charge in [0, 0.05) is 6.54 Å². The maximum atomic E-state index is 11.1.